The molecule has 1 fully saturated rings. The number of amides is 1. The van der Waals surface area contributed by atoms with E-state index in [1.807, 2.05) is 0 Å². The van der Waals surface area contributed by atoms with Crippen LogP contribution in [-0.2, 0) is 4.79 Å². The van der Waals surface area contributed by atoms with Gasteiger partial charge in [0.2, 0.25) is 5.91 Å². The molecule has 1 rings (SSSR count). The molecular formula is C16H32N2O2S. The molecule has 0 aromatic rings. The second-order valence-corrected chi connectivity index (χ2v) is 7.27. The van der Waals surface area contributed by atoms with Crippen LogP contribution in [0.2, 0.25) is 0 Å². The molecule has 0 heterocycles. The predicted molar refractivity (Wildman–Crippen MR) is 90.4 cm³/mol. The molecular weight excluding hydrogens is 284 g/mol. The van der Waals surface area contributed by atoms with E-state index in [-0.39, 0.29) is 11.9 Å². The number of nitrogens with two attached hydrogens (primary N) is 1. The Kier molecular flexibility index (Phi) is 10.1. The van der Waals surface area contributed by atoms with Crippen LogP contribution in [0.25, 0.3) is 0 Å². The van der Waals surface area contributed by atoms with Gasteiger partial charge in [-0.1, -0.05) is 39.0 Å². The first kappa shape index (κ1) is 18.8. The minimum atomic E-state index is -0.504. The van der Waals surface area contributed by atoms with Gasteiger partial charge in [0.1, 0.15) is 0 Å². The van der Waals surface area contributed by atoms with Gasteiger partial charge in [-0.2, -0.15) is 11.8 Å². The predicted octanol–water partition coefficient (Wildman–Crippen LogP) is 2.29. The Morgan fingerprint density at radius 1 is 1.38 bits per heavy atom. The first-order valence-corrected chi connectivity index (χ1v) is 9.57. The third-order valence-electron chi connectivity index (χ3n) is 4.17. The van der Waals surface area contributed by atoms with Crippen molar-refractivity contribution in [2.24, 2.45) is 11.7 Å². The summed E-state index contributed by atoms with van der Waals surface area (Å²) in [6, 6.07) is -0.153. The third kappa shape index (κ3) is 8.69. The van der Waals surface area contributed by atoms with E-state index in [0.717, 1.165) is 18.6 Å². The van der Waals surface area contributed by atoms with E-state index in [1.165, 1.54) is 32.1 Å². The monoisotopic (exact) mass is 316 g/mol. The summed E-state index contributed by atoms with van der Waals surface area (Å²) in [6.07, 6.45) is 8.52. The second-order valence-electron chi connectivity index (χ2n) is 6.16. The van der Waals surface area contributed by atoms with Gasteiger partial charge in [0.25, 0.3) is 0 Å². The number of hydrogen-bond donors (Lipinski definition) is 3. The number of hydrogen-bond acceptors (Lipinski definition) is 4. The third-order valence-corrected chi connectivity index (χ3v) is 5.33. The highest BCUT2D eigenvalue weighted by atomic mass is 32.2. The Balaban J connectivity index is 2.08. The van der Waals surface area contributed by atoms with Crippen molar-refractivity contribution in [1.82, 2.24) is 5.32 Å². The fraction of sp³-hybridized carbons (Fsp3) is 0.938. The van der Waals surface area contributed by atoms with Crippen molar-refractivity contribution in [2.45, 2.75) is 70.4 Å². The summed E-state index contributed by atoms with van der Waals surface area (Å²) in [5.41, 5.74) is 6.10. The molecule has 0 saturated heterocycles. The SMILES string of the molecule is CCCSCC(=O)NCC[C@H](O)[C@@H](N)CC1CCCCC1. The molecule has 0 bridgehead atoms. The first-order valence-electron chi connectivity index (χ1n) is 8.41. The summed E-state index contributed by atoms with van der Waals surface area (Å²) in [6.45, 7) is 2.63. The van der Waals surface area contributed by atoms with E-state index in [9.17, 15) is 9.90 Å². The standard InChI is InChI=1S/C16H32N2O2S/c1-2-10-21-12-16(20)18-9-8-15(19)14(17)11-13-6-4-3-5-7-13/h13-15,19H,2-12,17H2,1H3,(H,18,20)/t14-,15-/m0/s1. The average Bonchev–Trinajstić information content (AvgIpc) is 2.48. The van der Waals surface area contributed by atoms with Crippen LogP contribution in [-0.4, -0.2) is 41.2 Å². The minimum Gasteiger partial charge on any atom is -0.391 e. The molecule has 2 atom stereocenters. The maximum Gasteiger partial charge on any atom is 0.229 e. The Morgan fingerprint density at radius 3 is 2.76 bits per heavy atom. The fourth-order valence-electron chi connectivity index (χ4n) is 2.90. The van der Waals surface area contributed by atoms with Crippen molar-refractivity contribution in [3.8, 4) is 0 Å². The molecule has 0 aromatic carbocycles. The molecule has 1 saturated carbocycles. The summed E-state index contributed by atoms with van der Waals surface area (Å²) in [4.78, 5) is 11.5. The summed E-state index contributed by atoms with van der Waals surface area (Å²) < 4.78 is 0. The van der Waals surface area contributed by atoms with Gasteiger partial charge >= 0.3 is 0 Å². The van der Waals surface area contributed by atoms with Crippen LogP contribution in [0.15, 0.2) is 0 Å². The molecule has 21 heavy (non-hydrogen) atoms. The van der Waals surface area contributed by atoms with Crippen molar-refractivity contribution in [2.75, 3.05) is 18.1 Å². The molecule has 1 amide bonds. The molecule has 124 valence electrons. The van der Waals surface area contributed by atoms with Crippen LogP contribution >= 0.6 is 11.8 Å². The van der Waals surface area contributed by atoms with Crippen LogP contribution in [0.1, 0.15) is 58.3 Å². The molecule has 4 N–H and O–H groups in total. The van der Waals surface area contributed by atoms with Crippen molar-refractivity contribution in [3.63, 3.8) is 0 Å². The second kappa shape index (κ2) is 11.3. The first-order chi connectivity index (χ1) is 10.1. The Bertz CT molecular complexity index is 283. The minimum absolute atomic E-state index is 0.0569. The van der Waals surface area contributed by atoms with Gasteiger partial charge in [-0.15, -0.1) is 0 Å². The van der Waals surface area contributed by atoms with Gasteiger partial charge in [0.15, 0.2) is 0 Å². The Hall–Kier alpha value is -0.260. The summed E-state index contributed by atoms with van der Waals surface area (Å²) >= 11 is 1.65. The number of rotatable bonds is 10. The van der Waals surface area contributed by atoms with Gasteiger partial charge in [-0.3, -0.25) is 4.79 Å². The van der Waals surface area contributed by atoms with Crippen LogP contribution in [0, 0.1) is 5.92 Å². The van der Waals surface area contributed by atoms with E-state index in [4.69, 9.17) is 5.73 Å². The van der Waals surface area contributed by atoms with Gasteiger partial charge in [-0.25, -0.2) is 0 Å². The summed E-state index contributed by atoms with van der Waals surface area (Å²) in [7, 11) is 0. The average molecular weight is 317 g/mol. The van der Waals surface area contributed by atoms with Crippen molar-refractivity contribution < 1.29 is 9.90 Å². The maximum atomic E-state index is 11.5. The van der Waals surface area contributed by atoms with E-state index >= 15 is 0 Å². The van der Waals surface area contributed by atoms with E-state index in [2.05, 4.69) is 12.2 Å². The molecule has 4 nitrogen and oxygen atoms in total. The smallest absolute Gasteiger partial charge is 0.229 e. The number of aliphatic hydroxyl groups excluding tert-OH is 1. The molecule has 0 aliphatic heterocycles. The van der Waals surface area contributed by atoms with E-state index < -0.39 is 6.10 Å². The van der Waals surface area contributed by atoms with Crippen LogP contribution in [0.5, 0.6) is 0 Å². The lowest BCUT2D eigenvalue weighted by molar-refractivity contribution is -0.118. The number of nitrogens with one attached hydrogen (secondary N) is 1. The number of carbonyl (C=O) groups is 1. The molecule has 1 aliphatic rings. The van der Waals surface area contributed by atoms with Crippen molar-refractivity contribution >= 4 is 17.7 Å². The Labute approximate surface area is 133 Å². The molecule has 1 aliphatic carbocycles. The zero-order valence-corrected chi connectivity index (χ0v) is 14.2. The number of aliphatic hydroxyl groups is 1. The normalized spacial score (nSPS) is 19.2. The van der Waals surface area contributed by atoms with Crippen molar-refractivity contribution in [1.29, 1.82) is 0 Å². The summed E-state index contributed by atoms with van der Waals surface area (Å²) in [5.74, 6) is 2.27. The van der Waals surface area contributed by atoms with Crippen LogP contribution in [0.4, 0.5) is 0 Å². The highest BCUT2D eigenvalue weighted by Gasteiger charge is 2.21. The van der Waals surface area contributed by atoms with Crippen LogP contribution < -0.4 is 11.1 Å². The molecule has 0 radical (unpaired) electrons. The molecule has 0 unspecified atom stereocenters. The topological polar surface area (TPSA) is 75.3 Å². The van der Waals surface area contributed by atoms with Gasteiger partial charge in [0, 0.05) is 12.6 Å². The van der Waals surface area contributed by atoms with Crippen molar-refractivity contribution in [3.05, 3.63) is 0 Å². The van der Waals surface area contributed by atoms with Gasteiger partial charge in [0.05, 0.1) is 11.9 Å². The fourth-order valence-corrected chi connectivity index (χ4v) is 3.62. The lowest BCUT2D eigenvalue weighted by Crippen LogP contribution is -2.39. The van der Waals surface area contributed by atoms with Crippen LogP contribution in [0.3, 0.4) is 0 Å². The van der Waals surface area contributed by atoms with E-state index in [0.29, 0.717) is 24.6 Å². The number of carbonyl (C=O) groups excluding carboxylic acids is 1. The highest BCUT2D eigenvalue weighted by Crippen LogP contribution is 2.27. The zero-order chi connectivity index (χ0) is 15.5. The molecule has 0 spiro atoms. The largest absolute Gasteiger partial charge is 0.391 e. The van der Waals surface area contributed by atoms with Gasteiger partial charge < -0.3 is 16.2 Å². The van der Waals surface area contributed by atoms with Gasteiger partial charge in [-0.05, 0) is 30.9 Å². The highest BCUT2D eigenvalue weighted by molar-refractivity contribution is 7.99. The number of thioether (sulfide) groups is 1. The lowest BCUT2D eigenvalue weighted by Gasteiger charge is -2.27. The summed E-state index contributed by atoms with van der Waals surface area (Å²) in [5, 5.41) is 12.9. The maximum absolute atomic E-state index is 11.5. The van der Waals surface area contributed by atoms with E-state index in [1.54, 1.807) is 11.8 Å². The lowest BCUT2D eigenvalue weighted by atomic mass is 9.83. The quantitative estimate of drug-likeness (QED) is 0.541. The molecule has 5 heteroatoms. The zero-order valence-electron chi connectivity index (χ0n) is 13.4. The molecule has 0 aromatic heterocycles. The Morgan fingerprint density at radius 2 is 2.10 bits per heavy atom.